The van der Waals surface area contributed by atoms with E-state index < -0.39 is 0 Å². The van der Waals surface area contributed by atoms with E-state index in [1.807, 2.05) is 72.1 Å². The summed E-state index contributed by atoms with van der Waals surface area (Å²) >= 11 is 1.53. The molecular formula is C23H19N3OS. The molecule has 0 atom stereocenters. The molecule has 0 amide bonds. The Morgan fingerprint density at radius 2 is 1.68 bits per heavy atom. The average molecular weight is 385 g/mol. The summed E-state index contributed by atoms with van der Waals surface area (Å²) in [7, 11) is 0. The number of thiazole rings is 1. The van der Waals surface area contributed by atoms with Crippen molar-refractivity contribution in [3.8, 4) is 22.4 Å². The van der Waals surface area contributed by atoms with Crippen molar-refractivity contribution in [2.45, 2.75) is 6.61 Å². The summed E-state index contributed by atoms with van der Waals surface area (Å²) < 4.78 is 0. The van der Waals surface area contributed by atoms with Crippen molar-refractivity contribution in [2.24, 2.45) is 5.10 Å². The second-order valence-electron chi connectivity index (χ2n) is 6.25. The van der Waals surface area contributed by atoms with Crippen molar-refractivity contribution >= 4 is 22.7 Å². The zero-order valence-corrected chi connectivity index (χ0v) is 15.9. The van der Waals surface area contributed by atoms with Crippen LogP contribution in [0.15, 0.2) is 89.3 Å². The van der Waals surface area contributed by atoms with Crippen LogP contribution in [0.1, 0.15) is 11.1 Å². The van der Waals surface area contributed by atoms with Crippen LogP contribution in [-0.4, -0.2) is 16.3 Å². The van der Waals surface area contributed by atoms with E-state index in [-0.39, 0.29) is 6.61 Å². The molecule has 0 spiro atoms. The Morgan fingerprint density at radius 1 is 0.893 bits per heavy atom. The first kappa shape index (κ1) is 18.1. The molecule has 0 bridgehead atoms. The van der Waals surface area contributed by atoms with E-state index in [0.29, 0.717) is 0 Å². The van der Waals surface area contributed by atoms with Gasteiger partial charge in [-0.25, -0.2) is 4.98 Å². The van der Waals surface area contributed by atoms with E-state index in [2.05, 4.69) is 27.6 Å². The molecule has 0 saturated carbocycles. The zero-order chi connectivity index (χ0) is 19.2. The van der Waals surface area contributed by atoms with Gasteiger partial charge in [0.05, 0.1) is 18.5 Å². The number of hydrazone groups is 1. The third-order valence-corrected chi connectivity index (χ3v) is 5.05. The van der Waals surface area contributed by atoms with Crippen LogP contribution in [0.25, 0.3) is 22.4 Å². The summed E-state index contributed by atoms with van der Waals surface area (Å²) in [6.45, 7) is 0.0486. The fourth-order valence-electron chi connectivity index (χ4n) is 2.84. The summed E-state index contributed by atoms with van der Waals surface area (Å²) in [4.78, 5) is 4.56. The average Bonchev–Trinajstić information content (AvgIpc) is 3.24. The van der Waals surface area contributed by atoms with Gasteiger partial charge in [-0.15, -0.1) is 11.3 Å². The number of aliphatic hydroxyl groups excluding tert-OH is 1. The number of hydrogen-bond acceptors (Lipinski definition) is 5. The molecule has 0 aliphatic heterocycles. The standard InChI is InChI=1S/C23H19N3OS/c27-15-18-5-4-8-21(13-18)19-11-9-17(10-12-19)14-24-26-23-25-22(16-28-23)20-6-2-1-3-7-20/h1-14,16,27H,15H2,(H,25,26). The van der Waals surface area contributed by atoms with Crippen LogP contribution in [0, 0.1) is 0 Å². The highest BCUT2D eigenvalue weighted by Crippen LogP contribution is 2.24. The fourth-order valence-corrected chi connectivity index (χ4v) is 3.51. The third-order valence-electron chi connectivity index (χ3n) is 4.30. The Balaban J connectivity index is 1.41. The minimum absolute atomic E-state index is 0.0486. The predicted molar refractivity (Wildman–Crippen MR) is 117 cm³/mol. The van der Waals surface area contributed by atoms with E-state index >= 15 is 0 Å². The van der Waals surface area contributed by atoms with Gasteiger partial charge >= 0.3 is 0 Å². The van der Waals surface area contributed by atoms with Gasteiger partial charge in [-0.1, -0.05) is 72.8 Å². The molecule has 4 rings (SSSR count). The highest BCUT2D eigenvalue weighted by atomic mass is 32.1. The van der Waals surface area contributed by atoms with Gasteiger partial charge < -0.3 is 5.11 Å². The number of rotatable bonds is 6. The van der Waals surface area contributed by atoms with Crippen molar-refractivity contribution < 1.29 is 5.11 Å². The molecule has 0 radical (unpaired) electrons. The van der Waals surface area contributed by atoms with Gasteiger partial charge in [0.2, 0.25) is 5.13 Å². The summed E-state index contributed by atoms with van der Waals surface area (Å²) in [5.41, 5.74) is 9.12. The van der Waals surface area contributed by atoms with Gasteiger partial charge in [0, 0.05) is 10.9 Å². The third kappa shape index (κ3) is 4.34. The Bertz CT molecular complexity index is 1070. The Labute approximate surface area is 167 Å². The maximum absolute atomic E-state index is 9.28. The number of anilines is 1. The second kappa shape index (κ2) is 8.61. The molecule has 0 aliphatic carbocycles. The predicted octanol–water partition coefficient (Wildman–Crippen LogP) is 5.42. The van der Waals surface area contributed by atoms with Crippen molar-refractivity contribution in [1.82, 2.24) is 4.98 Å². The molecule has 2 N–H and O–H groups in total. The molecular weight excluding hydrogens is 366 g/mol. The lowest BCUT2D eigenvalue weighted by Gasteiger charge is -2.04. The number of hydrogen-bond donors (Lipinski definition) is 2. The molecule has 3 aromatic carbocycles. The molecule has 138 valence electrons. The monoisotopic (exact) mass is 385 g/mol. The highest BCUT2D eigenvalue weighted by Gasteiger charge is 2.03. The van der Waals surface area contributed by atoms with Gasteiger partial charge in [0.25, 0.3) is 0 Å². The largest absolute Gasteiger partial charge is 0.392 e. The van der Waals surface area contributed by atoms with Crippen molar-refractivity contribution in [3.05, 3.63) is 95.4 Å². The summed E-state index contributed by atoms with van der Waals surface area (Å²) in [6, 6.07) is 26.1. The van der Waals surface area contributed by atoms with Gasteiger partial charge in [0.1, 0.15) is 0 Å². The van der Waals surface area contributed by atoms with E-state index in [1.165, 1.54) is 11.3 Å². The zero-order valence-electron chi connectivity index (χ0n) is 15.1. The maximum Gasteiger partial charge on any atom is 0.203 e. The van der Waals surface area contributed by atoms with Crippen LogP contribution < -0.4 is 5.43 Å². The van der Waals surface area contributed by atoms with Crippen molar-refractivity contribution in [1.29, 1.82) is 0 Å². The number of nitrogens with zero attached hydrogens (tertiary/aromatic N) is 2. The highest BCUT2D eigenvalue weighted by molar-refractivity contribution is 7.14. The number of aliphatic hydroxyl groups is 1. The molecule has 4 nitrogen and oxygen atoms in total. The Kier molecular flexibility index (Phi) is 5.56. The van der Waals surface area contributed by atoms with Crippen LogP contribution in [-0.2, 0) is 6.61 Å². The first-order chi connectivity index (χ1) is 13.8. The summed E-state index contributed by atoms with van der Waals surface area (Å²) in [5.74, 6) is 0. The Morgan fingerprint density at radius 3 is 2.46 bits per heavy atom. The van der Waals surface area contributed by atoms with Crippen LogP contribution in [0.4, 0.5) is 5.13 Å². The van der Waals surface area contributed by atoms with Crippen LogP contribution in [0.3, 0.4) is 0 Å². The minimum Gasteiger partial charge on any atom is -0.392 e. The molecule has 1 aromatic heterocycles. The SMILES string of the molecule is OCc1cccc(-c2ccc(C=NNc3nc(-c4ccccc4)cs3)cc2)c1. The molecule has 0 saturated heterocycles. The molecule has 0 unspecified atom stereocenters. The molecule has 28 heavy (non-hydrogen) atoms. The lowest BCUT2D eigenvalue weighted by Crippen LogP contribution is -1.90. The first-order valence-electron chi connectivity index (χ1n) is 8.92. The van der Waals surface area contributed by atoms with Gasteiger partial charge in [-0.3, -0.25) is 5.43 Å². The van der Waals surface area contributed by atoms with E-state index in [1.54, 1.807) is 6.21 Å². The minimum atomic E-state index is 0.0486. The lowest BCUT2D eigenvalue weighted by molar-refractivity contribution is 0.282. The van der Waals surface area contributed by atoms with Crippen LogP contribution in [0.2, 0.25) is 0 Å². The maximum atomic E-state index is 9.28. The summed E-state index contributed by atoms with van der Waals surface area (Å²) in [6.07, 6.45) is 1.78. The van der Waals surface area contributed by atoms with Gasteiger partial charge in [-0.2, -0.15) is 5.10 Å². The van der Waals surface area contributed by atoms with Crippen molar-refractivity contribution in [3.63, 3.8) is 0 Å². The smallest absolute Gasteiger partial charge is 0.203 e. The molecule has 0 fully saturated rings. The normalized spacial score (nSPS) is 11.0. The second-order valence-corrected chi connectivity index (χ2v) is 7.11. The van der Waals surface area contributed by atoms with E-state index in [9.17, 15) is 5.11 Å². The van der Waals surface area contributed by atoms with Crippen molar-refractivity contribution in [2.75, 3.05) is 5.43 Å². The molecule has 4 aromatic rings. The van der Waals surface area contributed by atoms with Gasteiger partial charge in [0.15, 0.2) is 0 Å². The fraction of sp³-hybridized carbons (Fsp3) is 0.0435. The molecule has 1 heterocycles. The molecule has 0 aliphatic rings. The molecule has 5 heteroatoms. The number of aromatic nitrogens is 1. The van der Waals surface area contributed by atoms with E-state index in [0.717, 1.165) is 38.6 Å². The lowest BCUT2D eigenvalue weighted by atomic mass is 10.0. The van der Waals surface area contributed by atoms with Crippen LogP contribution >= 0.6 is 11.3 Å². The Hall–Kier alpha value is -3.28. The quantitative estimate of drug-likeness (QED) is 0.344. The van der Waals surface area contributed by atoms with E-state index in [4.69, 9.17) is 0 Å². The number of benzene rings is 3. The summed E-state index contributed by atoms with van der Waals surface area (Å²) in [5, 5.41) is 16.3. The first-order valence-corrected chi connectivity index (χ1v) is 9.80. The van der Waals surface area contributed by atoms with Gasteiger partial charge in [-0.05, 0) is 28.3 Å². The number of nitrogens with one attached hydrogen (secondary N) is 1. The van der Waals surface area contributed by atoms with Crippen LogP contribution in [0.5, 0.6) is 0 Å². The topological polar surface area (TPSA) is 57.5 Å².